The lowest BCUT2D eigenvalue weighted by Crippen LogP contribution is -2.43. The molecule has 1 fully saturated rings. The quantitative estimate of drug-likeness (QED) is 0.254. The van der Waals surface area contributed by atoms with Gasteiger partial charge in [-0.05, 0) is 80.5 Å². The number of nitrogens with zero attached hydrogens (tertiary/aromatic N) is 2. The highest BCUT2D eigenvalue weighted by atomic mass is 19.1. The number of fused-ring (bicyclic) bond motifs is 1. The molecular weight excluding hydrogens is 517 g/mol. The third-order valence-electron chi connectivity index (χ3n) is 8.37. The summed E-state index contributed by atoms with van der Waals surface area (Å²) >= 11 is 0. The molecule has 0 spiro atoms. The summed E-state index contributed by atoms with van der Waals surface area (Å²) in [7, 11) is 1.98. The highest BCUT2D eigenvalue weighted by Crippen LogP contribution is 2.37. The molecule has 1 aromatic heterocycles. The minimum Gasteiger partial charge on any atom is -0.494 e. The third-order valence-corrected chi connectivity index (χ3v) is 8.37. The van der Waals surface area contributed by atoms with Crippen LogP contribution in [-0.2, 0) is 18.3 Å². The number of benzene rings is 2. The maximum atomic E-state index is 13.4. The number of carbonyl (C=O) groups is 1. The Kier molecular flexibility index (Phi) is 9.11. The molecule has 2 aliphatic rings. The Balaban J connectivity index is 1.20. The highest BCUT2D eigenvalue weighted by Gasteiger charge is 2.30. The number of nitrogens with one attached hydrogen (secondary N) is 1. The Labute approximate surface area is 243 Å². The summed E-state index contributed by atoms with van der Waals surface area (Å²) in [5.74, 6) is 2.36. The van der Waals surface area contributed by atoms with Gasteiger partial charge >= 0.3 is 0 Å². The lowest BCUT2D eigenvalue weighted by atomic mass is 9.85. The van der Waals surface area contributed by atoms with E-state index < -0.39 is 5.41 Å². The van der Waals surface area contributed by atoms with Crippen LogP contribution >= 0.6 is 0 Å². The zero-order valence-electron chi connectivity index (χ0n) is 24.5. The van der Waals surface area contributed by atoms with Crippen molar-refractivity contribution in [3.8, 4) is 11.5 Å². The van der Waals surface area contributed by atoms with Crippen molar-refractivity contribution in [1.29, 1.82) is 0 Å². The van der Waals surface area contributed by atoms with Gasteiger partial charge in [0.05, 0.1) is 6.61 Å². The van der Waals surface area contributed by atoms with E-state index in [2.05, 4.69) is 16.4 Å². The predicted molar refractivity (Wildman–Crippen MR) is 160 cm³/mol. The number of hydrogen-bond donors (Lipinski definition) is 1. The average molecular weight is 560 g/mol. The van der Waals surface area contributed by atoms with Gasteiger partial charge in [-0.2, -0.15) is 0 Å². The van der Waals surface area contributed by atoms with E-state index in [9.17, 15) is 9.18 Å². The molecule has 0 bridgehead atoms. The number of ether oxygens (including phenoxy) is 2. The summed E-state index contributed by atoms with van der Waals surface area (Å²) in [6, 6.07) is 12.9. The smallest absolute Gasteiger partial charge is 0.225 e. The lowest BCUT2D eigenvalue weighted by molar-refractivity contribution is -0.130. The molecule has 2 aromatic carbocycles. The number of amides is 1. The van der Waals surface area contributed by atoms with Crippen LogP contribution in [-0.4, -0.2) is 34.2 Å². The standard InChI is InChI=1S/C34H42FN3O3/c1-34(2,33(39)37-27-8-5-4-6-9-27)18-7-21-40-28-15-17-30-25(22-28)23-29(32-36-19-20-38(32)3)31(41-30)16-12-24-10-13-26(35)14-11-24/h10-11,13-15,17,19-20,22-23,27,31H,4-9,12,16,18,21H2,1-3H3,(H,37,39). The largest absolute Gasteiger partial charge is 0.494 e. The van der Waals surface area contributed by atoms with Crippen molar-refractivity contribution >= 4 is 17.6 Å². The molecule has 218 valence electrons. The van der Waals surface area contributed by atoms with Gasteiger partial charge in [0.25, 0.3) is 0 Å². The molecule has 3 aromatic rings. The third kappa shape index (κ3) is 7.38. The topological polar surface area (TPSA) is 65.4 Å². The molecule has 1 N–H and O–H groups in total. The number of imidazole rings is 1. The van der Waals surface area contributed by atoms with Crippen LogP contribution in [0, 0.1) is 11.2 Å². The average Bonchev–Trinajstić information content (AvgIpc) is 3.40. The summed E-state index contributed by atoms with van der Waals surface area (Å²) in [6.45, 7) is 4.59. The number of aromatic nitrogens is 2. The fourth-order valence-corrected chi connectivity index (χ4v) is 5.77. The van der Waals surface area contributed by atoms with Gasteiger partial charge in [0, 0.05) is 42.0 Å². The van der Waals surface area contributed by atoms with Crippen LogP contribution in [0.1, 0.15) is 82.2 Å². The first-order valence-corrected chi connectivity index (χ1v) is 15.0. The van der Waals surface area contributed by atoms with E-state index >= 15 is 0 Å². The van der Waals surface area contributed by atoms with Crippen molar-refractivity contribution in [3.05, 3.63) is 77.6 Å². The molecule has 7 heteroatoms. The molecule has 2 heterocycles. The molecule has 1 saturated carbocycles. The second kappa shape index (κ2) is 12.9. The van der Waals surface area contributed by atoms with Crippen LogP contribution in [0.3, 0.4) is 0 Å². The first-order valence-electron chi connectivity index (χ1n) is 15.0. The highest BCUT2D eigenvalue weighted by molar-refractivity contribution is 5.85. The second-order valence-electron chi connectivity index (χ2n) is 12.1. The molecule has 1 amide bonds. The minimum absolute atomic E-state index is 0.149. The summed E-state index contributed by atoms with van der Waals surface area (Å²) in [6.07, 6.45) is 14.6. The molecule has 1 aliphatic heterocycles. The van der Waals surface area contributed by atoms with Gasteiger partial charge in [0.2, 0.25) is 5.91 Å². The molecular formula is C34H42FN3O3. The Morgan fingerprint density at radius 3 is 2.66 bits per heavy atom. The van der Waals surface area contributed by atoms with E-state index in [0.29, 0.717) is 12.6 Å². The van der Waals surface area contributed by atoms with Crippen molar-refractivity contribution in [2.75, 3.05) is 6.61 Å². The Morgan fingerprint density at radius 2 is 1.93 bits per heavy atom. The van der Waals surface area contributed by atoms with Crippen LogP contribution in [0.25, 0.3) is 11.6 Å². The van der Waals surface area contributed by atoms with Gasteiger partial charge < -0.3 is 19.4 Å². The van der Waals surface area contributed by atoms with E-state index in [1.165, 1.54) is 31.4 Å². The molecule has 0 radical (unpaired) electrons. The number of rotatable bonds is 11. The van der Waals surface area contributed by atoms with Gasteiger partial charge in [-0.25, -0.2) is 9.37 Å². The zero-order valence-corrected chi connectivity index (χ0v) is 24.5. The fourth-order valence-electron chi connectivity index (χ4n) is 5.77. The Morgan fingerprint density at radius 1 is 1.15 bits per heavy atom. The van der Waals surface area contributed by atoms with Crippen molar-refractivity contribution in [2.24, 2.45) is 12.5 Å². The Bertz CT molecular complexity index is 1360. The molecule has 6 nitrogen and oxygen atoms in total. The lowest BCUT2D eigenvalue weighted by Gasteiger charge is -2.29. The summed E-state index contributed by atoms with van der Waals surface area (Å²) in [5.41, 5.74) is 2.60. The van der Waals surface area contributed by atoms with E-state index in [1.807, 2.05) is 62.0 Å². The number of carbonyl (C=O) groups excluding carboxylic acids is 1. The van der Waals surface area contributed by atoms with E-state index in [-0.39, 0.29) is 17.8 Å². The van der Waals surface area contributed by atoms with Gasteiger partial charge in [-0.3, -0.25) is 4.79 Å². The first kappa shape index (κ1) is 28.9. The Hall–Kier alpha value is -3.61. The van der Waals surface area contributed by atoms with Crippen LogP contribution in [0.5, 0.6) is 11.5 Å². The summed E-state index contributed by atoms with van der Waals surface area (Å²) < 4.78 is 28.0. The maximum absolute atomic E-state index is 13.4. The minimum atomic E-state index is -0.423. The zero-order chi connectivity index (χ0) is 28.8. The second-order valence-corrected chi connectivity index (χ2v) is 12.1. The van der Waals surface area contributed by atoms with Crippen molar-refractivity contribution in [2.45, 2.75) is 83.8 Å². The van der Waals surface area contributed by atoms with Crippen molar-refractivity contribution in [3.63, 3.8) is 0 Å². The summed E-state index contributed by atoms with van der Waals surface area (Å²) in [5, 5.41) is 3.27. The molecule has 1 aliphatic carbocycles. The van der Waals surface area contributed by atoms with Gasteiger partial charge in [-0.15, -0.1) is 0 Å². The molecule has 1 unspecified atom stereocenters. The monoisotopic (exact) mass is 559 g/mol. The van der Waals surface area contributed by atoms with Gasteiger partial charge in [0.1, 0.15) is 29.2 Å². The van der Waals surface area contributed by atoms with Gasteiger partial charge in [0.15, 0.2) is 0 Å². The molecule has 1 atom stereocenters. The van der Waals surface area contributed by atoms with Crippen LogP contribution in [0.15, 0.2) is 54.9 Å². The van der Waals surface area contributed by atoms with Crippen LogP contribution in [0.4, 0.5) is 4.39 Å². The SMILES string of the molecule is Cn1ccnc1C1=Cc2cc(OCCCC(C)(C)C(=O)NC3CCCCC3)ccc2OC1CCc1ccc(F)cc1. The number of hydrogen-bond acceptors (Lipinski definition) is 4. The van der Waals surface area contributed by atoms with Crippen LogP contribution in [0.2, 0.25) is 0 Å². The predicted octanol–water partition coefficient (Wildman–Crippen LogP) is 7.13. The van der Waals surface area contributed by atoms with E-state index in [4.69, 9.17) is 9.47 Å². The fraction of sp³-hybridized carbons (Fsp3) is 0.471. The number of halogens is 1. The van der Waals surface area contributed by atoms with Crippen molar-refractivity contribution in [1.82, 2.24) is 14.9 Å². The summed E-state index contributed by atoms with van der Waals surface area (Å²) in [4.78, 5) is 17.5. The first-order chi connectivity index (χ1) is 19.8. The normalized spacial score (nSPS) is 17.4. The molecule has 0 saturated heterocycles. The molecule has 5 rings (SSSR count). The van der Waals surface area contributed by atoms with E-state index in [1.54, 1.807) is 6.20 Å². The number of aryl methyl sites for hydroxylation is 2. The van der Waals surface area contributed by atoms with E-state index in [0.717, 1.165) is 72.5 Å². The molecule has 41 heavy (non-hydrogen) atoms. The van der Waals surface area contributed by atoms with Gasteiger partial charge in [-0.1, -0.05) is 45.2 Å². The maximum Gasteiger partial charge on any atom is 0.225 e. The van der Waals surface area contributed by atoms with Crippen molar-refractivity contribution < 1.29 is 18.7 Å². The van der Waals surface area contributed by atoms with Crippen LogP contribution < -0.4 is 14.8 Å².